The maximum absolute atomic E-state index is 16.2. The molecule has 38 heavy (non-hydrogen) atoms. The van der Waals surface area contributed by atoms with Gasteiger partial charge in [0, 0.05) is 34.9 Å². The summed E-state index contributed by atoms with van der Waals surface area (Å²) in [6.45, 7) is -1.78. The van der Waals surface area contributed by atoms with Crippen LogP contribution in [-0.2, 0) is 17.6 Å². The minimum atomic E-state index is -4.82. The van der Waals surface area contributed by atoms with E-state index in [1.807, 2.05) is 0 Å². The van der Waals surface area contributed by atoms with Crippen LogP contribution >= 0.6 is 0 Å². The van der Waals surface area contributed by atoms with Gasteiger partial charge in [0.25, 0.3) is 5.92 Å². The largest absolute Gasteiger partial charge is 0.416 e. The lowest BCUT2D eigenvalue weighted by molar-refractivity contribution is -0.347. The SMILES string of the molecule is O[C@@H](CNc1ncc(C23CC(C(F)(F)[C@@](O)(Cn4cnnn4)c4ccc(F)cc4F)(C2)C3)cn1)C(F)(F)F. The van der Waals surface area contributed by atoms with Gasteiger partial charge in [0.1, 0.15) is 18.0 Å². The van der Waals surface area contributed by atoms with E-state index in [-0.39, 0.29) is 25.2 Å². The van der Waals surface area contributed by atoms with Crippen LogP contribution in [0.5, 0.6) is 0 Å². The molecule has 2 heterocycles. The highest BCUT2D eigenvalue weighted by atomic mass is 19.4. The molecular formula is C22H20F7N7O2. The Morgan fingerprint density at radius 3 is 2.26 bits per heavy atom. The van der Waals surface area contributed by atoms with Crippen LogP contribution < -0.4 is 5.32 Å². The van der Waals surface area contributed by atoms with Crippen molar-refractivity contribution in [3.05, 3.63) is 59.7 Å². The van der Waals surface area contributed by atoms with Crippen LogP contribution in [0.15, 0.2) is 36.9 Å². The summed E-state index contributed by atoms with van der Waals surface area (Å²) in [6, 6.07) is 1.93. The summed E-state index contributed by atoms with van der Waals surface area (Å²) in [5.74, 6) is -6.46. The van der Waals surface area contributed by atoms with E-state index in [9.17, 15) is 27.1 Å². The van der Waals surface area contributed by atoms with Gasteiger partial charge in [0.05, 0.1) is 13.1 Å². The van der Waals surface area contributed by atoms with Crippen molar-refractivity contribution in [1.29, 1.82) is 0 Å². The number of hydrogen-bond acceptors (Lipinski definition) is 8. The van der Waals surface area contributed by atoms with E-state index in [4.69, 9.17) is 5.11 Å². The van der Waals surface area contributed by atoms with E-state index >= 15 is 8.78 Å². The Kier molecular flexibility index (Phi) is 5.90. The second kappa shape index (κ2) is 8.56. The Labute approximate surface area is 209 Å². The first kappa shape index (κ1) is 26.2. The zero-order valence-corrected chi connectivity index (χ0v) is 19.3. The normalized spacial score (nSPS) is 25.2. The van der Waals surface area contributed by atoms with Gasteiger partial charge in [-0.2, -0.15) is 13.2 Å². The molecule has 9 nitrogen and oxygen atoms in total. The number of nitrogens with zero attached hydrogens (tertiary/aromatic N) is 6. The van der Waals surface area contributed by atoms with E-state index in [2.05, 4.69) is 30.8 Å². The van der Waals surface area contributed by atoms with E-state index in [0.29, 0.717) is 11.6 Å². The molecule has 0 saturated heterocycles. The van der Waals surface area contributed by atoms with Crippen LogP contribution in [-0.4, -0.2) is 65.1 Å². The third kappa shape index (κ3) is 3.97. The van der Waals surface area contributed by atoms with Crippen molar-refractivity contribution in [2.75, 3.05) is 11.9 Å². The first-order chi connectivity index (χ1) is 17.7. The van der Waals surface area contributed by atoms with Gasteiger partial charge < -0.3 is 15.5 Å². The van der Waals surface area contributed by atoms with Gasteiger partial charge in [0.15, 0.2) is 11.7 Å². The summed E-state index contributed by atoms with van der Waals surface area (Å²) in [5.41, 5.74) is -5.96. The number of hydrogen-bond donors (Lipinski definition) is 3. The quantitative estimate of drug-likeness (QED) is 0.350. The van der Waals surface area contributed by atoms with Crippen LogP contribution in [0.25, 0.3) is 0 Å². The summed E-state index contributed by atoms with van der Waals surface area (Å²) in [6.07, 6.45) is -4.21. The lowest BCUT2D eigenvalue weighted by Crippen LogP contribution is -2.76. The molecule has 0 radical (unpaired) electrons. The minimum absolute atomic E-state index is 0.114. The molecule has 204 valence electrons. The Bertz CT molecular complexity index is 1300. The average Bonchev–Trinajstić information content (AvgIpc) is 3.28. The number of alkyl halides is 5. The van der Waals surface area contributed by atoms with Crippen molar-refractivity contribution in [2.24, 2.45) is 5.41 Å². The standard InChI is InChI=1S/C22H20F7N7O2/c23-13-1-2-14(15(24)3-13)20(38,10-36-11-33-34-35-36)22(28,29)19-7-18(8-19,9-19)12-4-30-17(31-5-12)32-6-16(37)21(25,26)27/h1-5,11,16,37-38H,6-10H2,(H,30,31,32)/t16-,18?,19?,20+/m0/s1. The van der Waals surface area contributed by atoms with Gasteiger partial charge in [-0.3, -0.25) is 0 Å². The van der Waals surface area contributed by atoms with Crippen molar-refractivity contribution in [3.8, 4) is 0 Å². The number of halogens is 7. The van der Waals surface area contributed by atoms with Crippen molar-refractivity contribution in [2.45, 2.75) is 55.0 Å². The maximum Gasteiger partial charge on any atom is 0.416 e. The molecule has 16 heteroatoms. The van der Waals surface area contributed by atoms with Gasteiger partial charge in [-0.05, 0) is 47.4 Å². The van der Waals surface area contributed by atoms with Gasteiger partial charge in [0.2, 0.25) is 5.95 Å². The summed E-state index contributed by atoms with van der Waals surface area (Å²) in [4.78, 5) is 7.82. The Balaban J connectivity index is 1.35. The first-order valence-electron chi connectivity index (χ1n) is 11.3. The monoisotopic (exact) mass is 547 g/mol. The molecule has 2 aromatic heterocycles. The molecule has 3 aromatic rings. The molecule has 0 unspecified atom stereocenters. The topological polar surface area (TPSA) is 122 Å². The van der Waals surface area contributed by atoms with Crippen LogP contribution in [0.2, 0.25) is 0 Å². The maximum atomic E-state index is 16.2. The van der Waals surface area contributed by atoms with Crippen molar-refractivity contribution in [3.63, 3.8) is 0 Å². The Morgan fingerprint density at radius 2 is 1.71 bits per heavy atom. The zero-order valence-electron chi connectivity index (χ0n) is 19.3. The predicted molar refractivity (Wildman–Crippen MR) is 114 cm³/mol. The molecule has 2 bridgehead atoms. The van der Waals surface area contributed by atoms with Crippen molar-refractivity contribution < 1.29 is 40.9 Å². The number of nitrogens with one attached hydrogen (secondary N) is 1. The summed E-state index contributed by atoms with van der Waals surface area (Å²) >= 11 is 0. The molecule has 3 saturated carbocycles. The summed E-state index contributed by atoms with van der Waals surface area (Å²) in [5, 5.41) is 32.9. The molecule has 6 rings (SSSR count). The number of anilines is 1. The van der Waals surface area contributed by atoms with Crippen molar-refractivity contribution >= 4 is 5.95 Å². The molecule has 3 N–H and O–H groups in total. The summed E-state index contributed by atoms with van der Waals surface area (Å²) in [7, 11) is 0. The second-order valence-corrected chi connectivity index (χ2v) is 9.89. The van der Waals surface area contributed by atoms with Gasteiger partial charge in [-0.25, -0.2) is 32.2 Å². The van der Waals surface area contributed by atoms with E-state index in [1.54, 1.807) is 0 Å². The number of rotatable bonds is 9. The van der Waals surface area contributed by atoms with E-state index < -0.39 is 64.9 Å². The van der Waals surface area contributed by atoms with Gasteiger partial charge >= 0.3 is 6.18 Å². The Morgan fingerprint density at radius 1 is 1.05 bits per heavy atom. The highest BCUT2D eigenvalue weighted by molar-refractivity contribution is 5.42. The first-order valence-corrected chi connectivity index (χ1v) is 11.3. The van der Waals surface area contributed by atoms with Crippen LogP contribution in [0, 0.1) is 17.0 Å². The van der Waals surface area contributed by atoms with E-state index in [1.165, 1.54) is 12.4 Å². The van der Waals surface area contributed by atoms with Crippen LogP contribution in [0.4, 0.5) is 36.7 Å². The number of benzene rings is 1. The van der Waals surface area contributed by atoms with Crippen LogP contribution in [0.3, 0.4) is 0 Å². The molecular weight excluding hydrogens is 527 g/mol. The third-order valence-corrected chi connectivity index (χ3v) is 7.47. The average molecular weight is 547 g/mol. The van der Waals surface area contributed by atoms with E-state index in [0.717, 1.165) is 23.1 Å². The lowest BCUT2D eigenvalue weighted by atomic mass is 9.31. The van der Waals surface area contributed by atoms with Gasteiger partial charge in [-0.15, -0.1) is 5.10 Å². The third-order valence-electron chi connectivity index (χ3n) is 7.47. The molecule has 0 amide bonds. The minimum Gasteiger partial charge on any atom is -0.382 e. The van der Waals surface area contributed by atoms with Gasteiger partial charge in [-0.1, -0.05) is 0 Å². The van der Waals surface area contributed by atoms with Crippen molar-refractivity contribution in [1.82, 2.24) is 30.2 Å². The Hall–Kier alpha value is -3.40. The smallest absolute Gasteiger partial charge is 0.382 e. The lowest BCUT2D eigenvalue weighted by Gasteiger charge is -2.74. The number of aliphatic hydroxyl groups is 2. The van der Waals surface area contributed by atoms with Crippen LogP contribution in [0.1, 0.15) is 30.4 Å². The number of aliphatic hydroxyl groups excluding tert-OH is 1. The molecule has 3 aliphatic carbocycles. The molecule has 3 fully saturated rings. The number of tetrazole rings is 1. The highest BCUT2D eigenvalue weighted by Gasteiger charge is 2.82. The molecule has 2 atom stereocenters. The fourth-order valence-electron chi connectivity index (χ4n) is 5.53. The predicted octanol–water partition coefficient (Wildman–Crippen LogP) is 2.72. The second-order valence-electron chi connectivity index (χ2n) is 9.89. The fourth-order valence-corrected chi connectivity index (χ4v) is 5.53. The molecule has 0 spiro atoms. The molecule has 0 aliphatic heterocycles. The number of aromatic nitrogens is 6. The summed E-state index contributed by atoms with van der Waals surface area (Å²) < 4.78 is 98.7. The fraction of sp³-hybridized carbons (Fsp3) is 0.500. The molecule has 3 aliphatic rings. The molecule has 1 aromatic carbocycles. The zero-order chi connectivity index (χ0) is 27.6. The highest BCUT2D eigenvalue weighted by Crippen LogP contribution is 2.80.